The number of nitrogens with zero attached hydrogens (tertiary/aromatic N) is 1. The fraction of sp³-hybridized carbons (Fsp3) is 0.667. The standard InChI is InChI=1S/C21H31NO7S/c1-21(2,3)19-11-16(7-8-22(19)20(23)24)29-17-6-5-14(10-18(17)26-4)9-15-12-27-30(25)28-13-15/h5-6,10,15-16,19H,7-9,11-13H2,1-4H3,(H,23,24)/t15?,16-,19+,30?/m1/s1. The lowest BCUT2D eigenvalue weighted by Gasteiger charge is -2.44. The average molecular weight is 442 g/mol. The quantitative estimate of drug-likeness (QED) is 0.748. The van der Waals surface area contributed by atoms with Gasteiger partial charge in [0.2, 0.25) is 0 Å². The van der Waals surface area contributed by atoms with E-state index in [1.54, 1.807) is 7.11 Å². The summed E-state index contributed by atoms with van der Waals surface area (Å²) in [7, 11) is 1.60. The number of carbonyl (C=O) groups is 1. The average Bonchev–Trinajstić information content (AvgIpc) is 2.70. The Balaban J connectivity index is 1.67. The van der Waals surface area contributed by atoms with Gasteiger partial charge >= 0.3 is 17.5 Å². The summed E-state index contributed by atoms with van der Waals surface area (Å²) in [6.07, 6.45) is 1.03. The lowest BCUT2D eigenvalue weighted by molar-refractivity contribution is 0.0123. The van der Waals surface area contributed by atoms with E-state index in [9.17, 15) is 14.1 Å². The summed E-state index contributed by atoms with van der Waals surface area (Å²) in [5.74, 6) is 1.42. The Morgan fingerprint density at radius 1 is 1.27 bits per heavy atom. The summed E-state index contributed by atoms with van der Waals surface area (Å²) in [6.45, 7) is 7.40. The second kappa shape index (κ2) is 9.53. The van der Waals surface area contributed by atoms with Crippen molar-refractivity contribution in [2.45, 2.75) is 52.2 Å². The number of piperidine rings is 1. The molecule has 2 aliphatic heterocycles. The number of ether oxygens (including phenoxy) is 2. The summed E-state index contributed by atoms with van der Waals surface area (Å²) in [5, 5.41) is 9.54. The first-order chi connectivity index (χ1) is 14.2. The number of carboxylic acid groups (broad SMARTS) is 1. The van der Waals surface area contributed by atoms with E-state index in [4.69, 9.17) is 17.8 Å². The number of amides is 1. The van der Waals surface area contributed by atoms with Crippen molar-refractivity contribution in [2.24, 2.45) is 11.3 Å². The molecule has 1 N–H and O–H groups in total. The van der Waals surface area contributed by atoms with E-state index in [0.29, 0.717) is 44.1 Å². The molecule has 0 bridgehead atoms. The van der Waals surface area contributed by atoms with Crippen LogP contribution in [0.1, 0.15) is 39.2 Å². The molecule has 1 aromatic rings. The van der Waals surface area contributed by atoms with Crippen molar-refractivity contribution >= 4 is 17.5 Å². The van der Waals surface area contributed by atoms with Gasteiger partial charge in [-0.25, -0.2) is 4.79 Å². The number of hydrogen-bond acceptors (Lipinski definition) is 6. The number of benzene rings is 1. The van der Waals surface area contributed by atoms with Gasteiger partial charge in [-0.15, -0.1) is 0 Å². The molecule has 2 fully saturated rings. The highest BCUT2D eigenvalue weighted by Crippen LogP contribution is 2.36. The number of hydrogen-bond donors (Lipinski definition) is 1. The zero-order chi connectivity index (χ0) is 21.9. The Morgan fingerprint density at radius 2 is 1.97 bits per heavy atom. The molecule has 0 saturated carbocycles. The molecule has 168 valence electrons. The third-order valence-corrected chi connectivity index (χ3v) is 6.30. The lowest BCUT2D eigenvalue weighted by atomic mass is 9.80. The zero-order valence-corrected chi connectivity index (χ0v) is 18.8. The third kappa shape index (κ3) is 5.65. The summed E-state index contributed by atoms with van der Waals surface area (Å²) in [4.78, 5) is 13.2. The van der Waals surface area contributed by atoms with Crippen molar-refractivity contribution in [2.75, 3.05) is 26.9 Å². The van der Waals surface area contributed by atoms with Crippen LogP contribution in [-0.2, 0) is 26.1 Å². The van der Waals surface area contributed by atoms with Gasteiger partial charge < -0.3 is 19.5 Å². The molecule has 8 nitrogen and oxygen atoms in total. The molecule has 2 aliphatic rings. The van der Waals surface area contributed by atoms with Crippen molar-refractivity contribution in [3.05, 3.63) is 23.8 Å². The summed E-state index contributed by atoms with van der Waals surface area (Å²) >= 11 is -1.63. The van der Waals surface area contributed by atoms with Gasteiger partial charge in [0.25, 0.3) is 0 Å². The highest BCUT2D eigenvalue weighted by Gasteiger charge is 2.39. The van der Waals surface area contributed by atoms with Crippen LogP contribution in [0.2, 0.25) is 0 Å². The predicted octanol–water partition coefficient (Wildman–Crippen LogP) is 3.42. The molecule has 0 spiro atoms. The molecular formula is C21H31NO7S. The minimum absolute atomic E-state index is 0.0836. The van der Waals surface area contributed by atoms with Crippen LogP contribution in [0.15, 0.2) is 18.2 Å². The van der Waals surface area contributed by atoms with E-state index in [1.165, 1.54) is 4.90 Å². The van der Waals surface area contributed by atoms with Crippen molar-refractivity contribution in [1.29, 1.82) is 0 Å². The second-order valence-corrected chi connectivity index (χ2v) is 9.83. The van der Waals surface area contributed by atoms with Crippen molar-refractivity contribution in [1.82, 2.24) is 4.90 Å². The van der Waals surface area contributed by atoms with Crippen molar-refractivity contribution < 1.29 is 31.9 Å². The van der Waals surface area contributed by atoms with Crippen LogP contribution in [0.3, 0.4) is 0 Å². The van der Waals surface area contributed by atoms with Gasteiger partial charge in [0.05, 0.1) is 20.3 Å². The van der Waals surface area contributed by atoms with Crippen LogP contribution in [-0.4, -0.2) is 59.3 Å². The summed E-state index contributed by atoms with van der Waals surface area (Å²) in [6, 6.07) is 5.70. The SMILES string of the molecule is COc1cc(CC2COS(=O)OC2)ccc1O[C@@H]1CCN(C(=O)O)[C@H](C(C)(C)C)C1. The fourth-order valence-electron chi connectivity index (χ4n) is 4.04. The van der Waals surface area contributed by atoms with Crippen LogP contribution < -0.4 is 9.47 Å². The van der Waals surface area contributed by atoms with Crippen LogP contribution in [0.25, 0.3) is 0 Å². The maximum absolute atomic E-state index is 11.6. The molecule has 2 heterocycles. The Bertz CT molecular complexity index is 769. The Kier molecular flexibility index (Phi) is 7.26. The minimum atomic E-state index is -1.63. The molecule has 1 aromatic carbocycles. The summed E-state index contributed by atoms with van der Waals surface area (Å²) in [5.41, 5.74) is 0.875. The van der Waals surface area contributed by atoms with Crippen LogP contribution >= 0.6 is 0 Å². The zero-order valence-electron chi connectivity index (χ0n) is 18.0. The maximum atomic E-state index is 11.6. The molecule has 1 amide bonds. The first kappa shape index (κ1) is 22.8. The normalized spacial score (nSPS) is 27.5. The van der Waals surface area contributed by atoms with Crippen LogP contribution in [0.5, 0.6) is 11.5 Å². The molecule has 30 heavy (non-hydrogen) atoms. The van der Waals surface area contributed by atoms with Gasteiger partial charge in [-0.2, -0.15) is 4.21 Å². The van der Waals surface area contributed by atoms with Crippen molar-refractivity contribution in [3.8, 4) is 11.5 Å². The molecule has 0 unspecified atom stereocenters. The van der Waals surface area contributed by atoms with Gasteiger partial charge in [0.1, 0.15) is 6.10 Å². The number of methoxy groups -OCH3 is 1. The van der Waals surface area contributed by atoms with E-state index in [1.807, 2.05) is 18.2 Å². The predicted molar refractivity (Wildman–Crippen MR) is 112 cm³/mol. The number of likely N-dealkylation sites (tertiary alicyclic amines) is 1. The molecule has 2 atom stereocenters. The van der Waals surface area contributed by atoms with Gasteiger partial charge in [-0.3, -0.25) is 8.37 Å². The first-order valence-corrected chi connectivity index (χ1v) is 11.2. The Hall–Kier alpha value is -1.84. The largest absolute Gasteiger partial charge is 0.493 e. The monoisotopic (exact) mass is 441 g/mol. The molecule has 3 rings (SSSR count). The highest BCUT2D eigenvalue weighted by atomic mass is 32.2. The topological polar surface area (TPSA) is 94.5 Å². The first-order valence-electron chi connectivity index (χ1n) is 10.2. The third-order valence-electron chi connectivity index (χ3n) is 5.65. The van der Waals surface area contributed by atoms with E-state index < -0.39 is 17.5 Å². The Morgan fingerprint density at radius 3 is 2.57 bits per heavy atom. The fourth-order valence-corrected chi connectivity index (χ4v) is 4.72. The van der Waals surface area contributed by atoms with Gasteiger partial charge in [-0.05, 0) is 29.5 Å². The molecule has 0 radical (unpaired) electrons. The second-order valence-electron chi connectivity index (χ2n) is 8.95. The van der Waals surface area contributed by atoms with E-state index in [0.717, 1.165) is 12.0 Å². The van der Waals surface area contributed by atoms with E-state index >= 15 is 0 Å². The minimum Gasteiger partial charge on any atom is -0.493 e. The van der Waals surface area contributed by atoms with Crippen LogP contribution in [0.4, 0.5) is 4.79 Å². The maximum Gasteiger partial charge on any atom is 0.407 e. The highest BCUT2D eigenvalue weighted by molar-refractivity contribution is 7.75. The molecular weight excluding hydrogens is 410 g/mol. The number of rotatable bonds is 5. The molecule has 9 heteroatoms. The van der Waals surface area contributed by atoms with Gasteiger partial charge in [0, 0.05) is 31.3 Å². The molecule has 0 aromatic heterocycles. The Labute approximate surface area is 180 Å². The van der Waals surface area contributed by atoms with Crippen LogP contribution in [0, 0.1) is 11.3 Å². The van der Waals surface area contributed by atoms with E-state index in [-0.39, 0.29) is 23.5 Å². The van der Waals surface area contributed by atoms with Gasteiger partial charge in [0.15, 0.2) is 11.5 Å². The van der Waals surface area contributed by atoms with E-state index in [2.05, 4.69) is 20.8 Å². The lowest BCUT2D eigenvalue weighted by Crippen LogP contribution is -2.53. The van der Waals surface area contributed by atoms with Gasteiger partial charge in [-0.1, -0.05) is 26.8 Å². The molecule has 2 saturated heterocycles. The smallest absolute Gasteiger partial charge is 0.407 e. The van der Waals surface area contributed by atoms with Crippen molar-refractivity contribution in [3.63, 3.8) is 0 Å². The molecule has 0 aliphatic carbocycles. The summed E-state index contributed by atoms with van der Waals surface area (Å²) < 4.78 is 33.0.